The molecule has 4 rings (SSSR count). The second kappa shape index (κ2) is 8.57. The number of benzene rings is 2. The average molecular weight is 374 g/mol. The first-order valence-corrected chi connectivity index (χ1v) is 9.44. The lowest BCUT2D eigenvalue weighted by molar-refractivity contribution is 0.0936. The van der Waals surface area contributed by atoms with E-state index in [4.69, 9.17) is 9.47 Å². The zero-order valence-electron chi connectivity index (χ0n) is 15.5. The summed E-state index contributed by atoms with van der Waals surface area (Å²) in [6, 6.07) is 19.3. The van der Waals surface area contributed by atoms with Crippen molar-refractivity contribution in [3.05, 3.63) is 89.7 Å². The number of nitrogens with one attached hydrogen (secondary N) is 1. The fourth-order valence-corrected chi connectivity index (χ4v) is 3.24. The van der Waals surface area contributed by atoms with Crippen molar-refractivity contribution in [3.63, 3.8) is 0 Å². The molecule has 1 N–H and O–H groups in total. The minimum absolute atomic E-state index is 0.152. The van der Waals surface area contributed by atoms with E-state index in [0.29, 0.717) is 25.2 Å². The number of nitrogens with zero attached hydrogens (tertiary/aromatic N) is 1. The first kappa shape index (κ1) is 18.0. The maximum atomic E-state index is 12.8. The lowest BCUT2D eigenvalue weighted by atomic mass is 9.98. The van der Waals surface area contributed by atoms with Gasteiger partial charge in [-0.1, -0.05) is 36.4 Å². The minimum Gasteiger partial charge on any atom is -0.490 e. The van der Waals surface area contributed by atoms with Crippen LogP contribution in [0.25, 0.3) is 0 Å². The fraction of sp³-hybridized carbons (Fsp3) is 0.217. The van der Waals surface area contributed by atoms with Crippen molar-refractivity contribution in [1.29, 1.82) is 0 Å². The van der Waals surface area contributed by atoms with Crippen molar-refractivity contribution < 1.29 is 14.3 Å². The van der Waals surface area contributed by atoms with Gasteiger partial charge in [0.2, 0.25) is 0 Å². The zero-order chi connectivity index (χ0) is 19.2. The molecule has 0 aliphatic carbocycles. The molecule has 1 aromatic heterocycles. The number of amides is 1. The normalized spacial score (nSPS) is 14.0. The summed E-state index contributed by atoms with van der Waals surface area (Å²) in [6.45, 7) is 1.28. The fourth-order valence-electron chi connectivity index (χ4n) is 3.24. The van der Waals surface area contributed by atoms with Gasteiger partial charge in [-0.05, 0) is 41.8 Å². The predicted molar refractivity (Wildman–Crippen MR) is 107 cm³/mol. The highest BCUT2D eigenvalue weighted by Gasteiger charge is 2.19. The predicted octanol–water partition coefficient (Wildman–Crippen LogP) is 3.96. The molecule has 2 aromatic carbocycles. The van der Waals surface area contributed by atoms with Gasteiger partial charge in [0.05, 0.1) is 24.8 Å². The van der Waals surface area contributed by atoms with Gasteiger partial charge in [0.25, 0.3) is 5.91 Å². The topological polar surface area (TPSA) is 60.5 Å². The molecule has 5 heteroatoms. The molecule has 1 atom stereocenters. The van der Waals surface area contributed by atoms with Crippen molar-refractivity contribution in [2.45, 2.75) is 18.9 Å². The third-order valence-corrected chi connectivity index (χ3v) is 4.69. The van der Waals surface area contributed by atoms with Gasteiger partial charge in [0.15, 0.2) is 11.5 Å². The van der Waals surface area contributed by atoms with Crippen LogP contribution in [0.1, 0.15) is 33.9 Å². The van der Waals surface area contributed by atoms with E-state index >= 15 is 0 Å². The van der Waals surface area contributed by atoms with Crippen LogP contribution in [0.15, 0.2) is 73.1 Å². The summed E-state index contributed by atoms with van der Waals surface area (Å²) in [7, 11) is 0. The van der Waals surface area contributed by atoms with Crippen molar-refractivity contribution in [2.75, 3.05) is 13.2 Å². The molecule has 0 spiro atoms. The van der Waals surface area contributed by atoms with Crippen molar-refractivity contribution >= 4 is 5.91 Å². The molecule has 1 unspecified atom stereocenters. The second-order valence-corrected chi connectivity index (χ2v) is 6.71. The number of carbonyl (C=O) groups is 1. The number of carbonyl (C=O) groups excluding carboxylic acids is 1. The molecule has 2 heterocycles. The first-order valence-electron chi connectivity index (χ1n) is 9.44. The quantitative estimate of drug-likeness (QED) is 0.734. The molecule has 1 aliphatic heterocycles. The zero-order valence-corrected chi connectivity index (χ0v) is 15.5. The molecule has 0 fully saturated rings. The van der Waals surface area contributed by atoms with E-state index < -0.39 is 0 Å². The van der Waals surface area contributed by atoms with Gasteiger partial charge in [-0.15, -0.1) is 0 Å². The Morgan fingerprint density at radius 1 is 1.00 bits per heavy atom. The van der Waals surface area contributed by atoms with Gasteiger partial charge >= 0.3 is 0 Å². The van der Waals surface area contributed by atoms with Gasteiger partial charge in [-0.25, -0.2) is 0 Å². The average Bonchev–Trinajstić information content (AvgIpc) is 2.99. The maximum Gasteiger partial charge on any atom is 0.253 e. The van der Waals surface area contributed by atoms with E-state index in [1.807, 2.05) is 36.4 Å². The van der Waals surface area contributed by atoms with Gasteiger partial charge < -0.3 is 14.8 Å². The molecule has 0 bridgehead atoms. The number of fused-ring (bicyclic) bond motifs is 1. The number of ether oxygens (including phenoxy) is 2. The van der Waals surface area contributed by atoms with E-state index in [-0.39, 0.29) is 11.9 Å². The molecule has 142 valence electrons. The van der Waals surface area contributed by atoms with Crippen molar-refractivity contribution in [2.24, 2.45) is 0 Å². The third-order valence-electron chi connectivity index (χ3n) is 4.69. The maximum absolute atomic E-state index is 12.8. The number of rotatable bonds is 5. The summed E-state index contributed by atoms with van der Waals surface area (Å²) >= 11 is 0. The molecular formula is C23H22N2O3. The van der Waals surface area contributed by atoms with Gasteiger partial charge in [0, 0.05) is 18.8 Å². The second-order valence-electron chi connectivity index (χ2n) is 6.71. The lowest BCUT2D eigenvalue weighted by Gasteiger charge is -2.21. The summed E-state index contributed by atoms with van der Waals surface area (Å²) in [5.74, 6) is 1.32. The van der Waals surface area contributed by atoms with Crippen molar-refractivity contribution in [3.8, 4) is 11.5 Å². The van der Waals surface area contributed by atoms with Crippen LogP contribution in [0, 0.1) is 0 Å². The van der Waals surface area contributed by atoms with Crippen LogP contribution >= 0.6 is 0 Å². The van der Waals surface area contributed by atoms with Crippen molar-refractivity contribution in [1.82, 2.24) is 10.3 Å². The monoisotopic (exact) mass is 374 g/mol. The minimum atomic E-state index is -0.202. The molecule has 0 radical (unpaired) electrons. The third kappa shape index (κ3) is 4.31. The molecular weight excluding hydrogens is 352 g/mol. The van der Waals surface area contributed by atoms with E-state index in [1.54, 1.807) is 24.5 Å². The van der Waals surface area contributed by atoms with Crippen LogP contribution in [-0.4, -0.2) is 24.1 Å². The van der Waals surface area contributed by atoms with Crippen LogP contribution in [0.5, 0.6) is 11.5 Å². The van der Waals surface area contributed by atoms with E-state index in [2.05, 4.69) is 22.4 Å². The Bertz CT molecular complexity index is 929. The number of aromatic nitrogens is 1. The highest BCUT2D eigenvalue weighted by Crippen LogP contribution is 2.33. The van der Waals surface area contributed by atoms with Gasteiger partial charge in [0.1, 0.15) is 0 Å². The first-order chi connectivity index (χ1) is 13.8. The summed E-state index contributed by atoms with van der Waals surface area (Å²) in [5.41, 5.74) is 2.66. The Labute approximate surface area is 164 Å². The van der Waals surface area contributed by atoms with E-state index in [0.717, 1.165) is 29.0 Å². The Morgan fingerprint density at radius 3 is 2.61 bits per heavy atom. The number of hydrogen-bond acceptors (Lipinski definition) is 4. The summed E-state index contributed by atoms with van der Waals surface area (Å²) in [6.07, 6.45) is 4.76. The smallest absolute Gasteiger partial charge is 0.253 e. The largest absolute Gasteiger partial charge is 0.490 e. The summed E-state index contributed by atoms with van der Waals surface area (Å²) in [5, 5.41) is 3.15. The molecule has 28 heavy (non-hydrogen) atoms. The van der Waals surface area contributed by atoms with E-state index in [9.17, 15) is 4.79 Å². The Hall–Kier alpha value is -3.34. The van der Waals surface area contributed by atoms with Crippen LogP contribution < -0.4 is 14.8 Å². The Balaban J connectivity index is 1.62. The van der Waals surface area contributed by atoms with E-state index in [1.165, 1.54) is 0 Å². The molecule has 1 amide bonds. The molecule has 5 nitrogen and oxygen atoms in total. The van der Waals surface area contributed by atoms with Gasteiger partial charge in [-0.2, -0.15) is 0 Å². The SMILES string of the molecule is O=C(NC(Cc1ccccc1)c1ccc2c(c1)OCCCO2)c1cccnc1. The molecule has 0 saturated carbocycles. The summed E-state index contributed by atoms with van der Waals surface area (Å²) < 4.78 is 11.6. The van der Waals surface area contributed by atoms with Gasteiger partial charge in [-0.3, -0.25) is 9.78 Å². The number of pyridine rings is 1. The number of hydrogen-bond donors (Lipinski definition) is 1. The highest BCUT2D eigenvalue weighted by molar-refractivity contribution is 5.94. The molecule has 0 saturated heterocycles. The molecule has 1 aliphatic rings. The Morgan fingerprint density at radius 2 is 1.82 bits per heavy atom. The molecule has 3 aromatic rings. The van der Waals surface area contributed by atoms with Crippen LogP contribution in [0.3, 0.4) is 0 Å². The van der Waals surface area contributed by atoms with Crippen LogP contribution in [-0.2, 0) is 6.42 Å². The highest BCUT2D eigenvalue weighted by atomic mass is 16.5. The summed E-state index contributed by atoms with van der Waals surface area (Å²) in [4.78, 5) is 16.8. The van der Waals surface area contributed by atoms with Crippen LogP contribution in [0.4, 0.5) is 0 Å². The van der Waals surface area contributed by atoms with Crippen LogP contribution in [0.2, 0.25) is 0 Å². The lowest BCUT2D eigenvalue weighted by Crippen LogP contribution is -2.30. The Kier molecular flexibility index (Phi) is 5.52. The standard InChI is InChI=1S/C23H22N2O3/c26-23(19-8-4-11-24-16-19)25-20(14-17-6-2-1-3-7-17)18-9-10-21-22(15-18)28-13-5-12-27-21/h1-4,6-11,15-16,20H,5,12-14H2,(H,25,26).